The zero-order chi connectivity index (χ0) is 16.1. The fourth-order valence-corrected chi connectivity index (χ4v) is 2.78. The number of piperidine rings is 1. The van der Waals surface area contributed by atoms with Crippen LogP contribution >= 0.6 is 0 Å². The van der Waals surface area contributed by atoms with E-state index in [9.17, 15) is 4.79 Å². The predicted molar refractivity (Wildman–Crippen MR) is 81.6 cm³/mol. The number of methoxy groups -OCH3 is 1. The lowest BCUT2D eigenvalue weighted by Crippen LogP contribution is -2.51. The molecule has 8 heteroatoms. The number of rotatable bonds is 3. The highest BCUT2D eigenvalue weighted by Crippen LogP contribution is 2.19. The van der Waals surface area contributed by atoms with E-state index >= 15 is 0 Å². The molecule has 126 valence electrons. The van der Waals surface area contributed by atoms with E-state index in [1.165, 1.54) is 7.11 Å². The molecule has 1 aromatic rings. The number of hydrogen-bond acceptors (Lipinski definition) is 6. The van der Waals surface area contributed by atoms with E-state index in [1.807, 2.05) is 9.80 Å². The summed E-state index contributed by atoms with van der Waals surface area (Å²) in [4.78, 5) is 24.3. The third kappa shape index (κ3) is 4.01. The summed E-state index contributed by atoms with van der Waals surface area (Å²) in [5.74, 6) is 0.509. The van der Waals surface area contributed by atoms with Gasteiger partial charge in [-0.05, 0) is 0 Å². The lowest BCUT2D eigenvalue weighted by Gasteiger charge is -2.36. The minimum Gasteiger partial charge on any atom is -0.474 e. The van der Waals surface area contributed by atoms with Crippen LogP contribution < -0.4 is 9.47 Å². The Morgan fingerprint density at radius 3 is 2.61 bits per heavy atom. The number of likely N-dealkylation sites (tertiary alicyclic amines) is 1. The van der Waals surface area contributed by atoms with Crippen molar-refractivity contribution < 1.29 is 19.0 Å². The lowest BCUT2D eigenvalue weighted by atomic mass is 10.1. The van der Waals surface area contributed by atoms with Crippen LogP contribution in [0.25, 0.3) is 0 Å². The maximum Gasteiger partial charge on any atom is 0.320 e. The average molecular weight is 322 g/mol. The number of urea groups is 1. The Labute approximate surface area is 135 Å². The molecule has 8 nitrogen and oxygen atoms in total. The number of carbonyl (C=O) groups is 1. The summed E-state index contributed by atoms with van der Waals surface area (Å²) in [5, 5.41) is 0. The minimum absolute atomic E-state index is 0.0587. The summed E-state index contributed by atoms with van der Waals surface area (Å²) >= 11 is 0. The molecule has 0 aliphatic carbocycles. The van der Waals surface area contributed by atoms with Crippen LogP contribution in [0.5, 0.6) is 11.9 Å². The number of morpholine rings is 1. The van der Waals surface area contributed by atoms with E-state index < -0.39 is 0 Å². The third-order valence-corrected chi connectivity index (χ3v) is 4.07. The van der Waals surface area contributed by atoms with Gasteiger partial charge in [0.05, 0.1) is 20.3 Å². The summed E-state index contributed by atoms with van der Waals surface area (Å²) in [5.41, 5.74) is 0. The molecule has 2 fully saturated rings. The van der Waals surface area contributed by atoms with Gasteiger partial charge >= 0.3 is 12.0 Å². The van der Waals surface area contributed by atoms with Gasteiger partial charge in [0.15, 0.2) is 0 Å². The summed E-state index contributed by atoms with van der Waals surface area (Å²) < 4.78 is 16.1. The monoisotopic (exact) mass is 322 g/mol. The number of nitrogens with zero attached hydrogens (tertiary/aromatic N) is 4. The highest BCUT2D eigenvalue weighted by atomic mass is 16.5. The second-order valence-electron chi connectivity index (χ2n) is 5.57. The van der Waals surface area contributed by atoms with Gasteiger partial charge < -0.3 is 24.0 Å². The molecule has 2 aliphatic heterocycles. The van der Waals surface area contributed by atoms with Gasteiger partial charge in [-0.2, -0.15) is 4.98 Å². The van der Waals surface area contributed by atoms with Gasteiger partial charge in [-0.15, -0.1) is 0 Å². The van der Waals surface area contributed by atoms with E-state index in [0.717, 1.165) is 12.8 Å². The van der Waals surface area contributed by atoms with Crippen molar-refractivity contribution in [3.05, 3.63) is 12.3 Å². The molecule has 0 unspecified atom stereocenters. The first-order valence-electron chi connectivity index (χ1n) is 7.91. The summed E-state index contributed by atoms with van der Waals surface area (Å²) in [7, 11) is 1.52. The van der Waals surface area contributed by atoms with Crippen molar-refractivity contribution in [2.45, 2.75) is 18.9 Å². The highest BCUT2D eigenvalue weighted by Gasteiger charge is 2.28. The fourth-order valence-electron chi connectivity index (χ4n) is 2.78. The molecule has 0 N–H and O–H groups in total. The molecule has 3 rings (SSSR count). The molecule has 0 bridgehead atoms. The number of carbonyl (C=O) groups excluding carboxylic acids is 1. The first-order chi connectivity index (χ1) is 11.3. The Hall–Kier alpha value is -2.09. The van der Waals surface area contributed by atoms with Crippen LogP contribution in [0.2, 0.25) is 0 Å². The third-order valence-electron chi connectivity index (χ3n) is 4.07. The predicted octanol–water partition coefficient (Wildman–Crippen LogP) is 0.781. The SMILES string of the molecule is COc1nccc(OC2CCN(C(=O)N3CCOCC3)CC2)n1. The molecule has 0 aromatic carbocycles. The van der Waals surface area contributed by atoms with Gasteiger partial charge in [-0.1, -0.05) is 0 Å². The smallest absolute Gasteiger partial charge is 0.320 e. The standard InChI is InChI=1S/C15H22N4O4/c1-21-14-16-5-2-13(17-14)23-12-3-6-18(7-4-12)15(20)19-8-10-22-11-9-19/h2,5,12H,3-4,6-11H2,1H3. The molecule has 2 saturated heterocycles. The second kappa shape index (κ2) is 7.45. The zero-order valence-corrected chi connectivity index (χ0v) is 13.3. The van der Waals surface area contributed by atoms with Crippen LogP contribution in [0.1, 0.15) is 12.8 Å². The molecule has 1 aromatic heterocycles. The van der Waals surface area contributed by atoms with Gasteiger partial charge in [-0.25, -0.2) is 9.78 Å². The van der Waals surface area contributed by atoms with E-state index in [-0.39, 0.29) is 12.1 Å². The summed E-state index contributed by atoms with van der Waals surface area (Å²) in [6, 6.07) is 2.12. The van der Waals surface area contributed by atoms with E-state index in [0.29, 0.717) is 51.3 Å². The van der Waals surface area contributed by atoms with Crippen molar-refractivity contribution in [1.82, 2.24) is 19.8 Å². The average Bonchev–Trinajstić information content (AvgIpc) is 2.63. The van der Waals surface area contributed by atoms with Gasteiger partial charge in [-0.3, -0.25) is 0 Å². The fraction of sp³-hybridized carbons (Fsp3) is 0.667. The van der Waals surface area contributed by atoms with E-state index in [1.54, 1.807) is 12.3 Å². The van der Waals surface area contributed by atoms with Crippen LogP contribution in [-0.4, -0.2) is 78.4 Å². The van der Waals surface area contributed by atoms with Crippen LogP contribution in [0.15, 0.2) is 12.3 Å². The minimum atomic E-state index is 0.0587. The number of aromatic nitrogens is 2. The Kier molecular flexibility index (Phi) is 5.12. The Balaban J connectivity index is 1.48. The molecule has 0 saturated carbocycles. The lowest BCUT2D eigenvalue weighted by molar-refractivity contribution is 0.0357. The number of ether oxygens (including phenoxy) is 3. The van der Waals surface area contributed by atoms with Crippen molar-refractivity contribution in [1.29, 1.82) is 0 Å². The number of hydrogen-bond donors (Lipinski definition) is 0. The molecule has 3 heterocycles. The Morgan fingerprint density at radius 1 is 1.22 bits per heavy atom. The first kappa shape index (κ1) is 15.8. The van der Waals surface area contributed by atoms with Gasteiger partial charge in [0, 0.05) is 51.3 Å². The summed E-state index contributed by atoms with van der Waals surface area (Å²) in [6.45, 7) is 4.00. The topological polar surface area (TPSA) is 77.0 Å². The van der Waals surface area contributed by atoms with Crippen molar-refractivity contribution in [3.8, 4) is 11.9 Å². The quantitative estimate of drug-likeness (QED) is 0.818. The Morgan fingerprint density at radius 2 is 1.91 bits per heavy atom. The second-order valence-corrected chi connectivity index (χ2v) is 5.57. The van der Waals surface area contributed by atoms with E-state index in [4.69, 9.17) is 14.2 Å². The molecule has 0 atom stereocenters. The largest absolute Gasteiger partial charge is 0.474 e. The van der Waals surface area contributed by atoms with Crippen LogP contribution in [0, 0.1) is 0 Å². The summed E-state index contributed by atoms with van der Waals surface area (Å²) in [6.07, 6.45) is 3.26. The molecule has 0 spiro atoms. The number of amides is 2. The maximum absolute atomic E-state index is 12.4. The first-order valence-corrected chi connectivity index (χ1v) is 7.91. The van der Waals surface area contributed by atoms with Crippen LogP contribution in [0.3, 0.4) is 0 Å². The van der Waals surface area contributed by atoms with Gasteiger partial charge in [0.1, 0.15) is 6.10 Å². The van der Waals surface area contributed by atoms with Gasteiger partial charge in [0.2, 0.25) is 5.88 Å². The molecule has 2 amide bonds. The molecule has 23 heavy (non-hydrogen) atoms. The molecule has 2 aliphatic rings. The van der Waals surface area contributed by atoms with Crippen molar-refractivity contribution in [2.75, 3.05) is 46.5 Å². The Bertz CT molecular complexity index is 528. The van der Waals surface area contributed by atoms with E-state index in [2.05, 4.69) is 9.97 Å². The molecular weight excluding hydrogens is 300 g/mol. The zero-order valence-electron chi connectivity index (χ0n) is 13.3. The normalized spacial score (nSPS) is 19.5. The highest BCUT2D eigenvalue weighted by molar-refractivity contribution is 5.74. The molecule has 0 radical (unpaired) electrons. The van der Waals surface area contributed by atoms with Crippen LogP contribution in [0.4, 0.5) is 4.79 Å². The molecular formula is C15H22N4O4. The van der Waals surface area contributed by atoms with Gasteiger partial charge in [0.25, 0.3) is 0 Å². The van der Waals surface area contributed by atoms with Crippen molar-refractivity contribution in [3.63, 3.8) is 0 Å². The maximum atomic E-state index is 12.4. The van der Waals surface area contributed by atoms with Crippen molar-refractivity contribution in [2.24, 2.45) is 0 Å². The van der Waals surface area contributed by atoms with Crippen molar-refractivity contribution >= 4 is 6.03 Å². The van der Waals surface area contributed by atoms with Crippen LogP contribution in [-0.2, 0) is 4.74 Å².